The van der Waals surface area contributed by atoms with E-state index in [4.69, 9.17) is 9.63 Å². The van der Waals surface area contributed by atoms with Gasteiger partial charge in [-0.15, -0.1) is 0 Å². The monoisotopic (exact) mass is 273 g/mol. The van der Waals surface area contributed by atoms with Crippen LogP contribution in [-0.2, 0) is 0 Å². The number of pyridine rings is 1. The molecule has 1 aliphatic rings. The van der Waals surface area contributed by atoms with Gasteiger partial charge >= 0.3 is 0 Å². The molecule has 2 heterocycles. The molecule has 6 nitrogen and oxygen atoms in total. The van der Waals surface area contributed by atoms with Gasteiger partial charge in [0.15, 0.2) is 11.5 Å². The van der Waals surface area contributed by atoms with Crippen LogP contribution >= 0.6 is 0 Å². The highest BCUT2D eigenvalue weighted by Crippen LogP contribution is 2.28. The van der Waals surface area contributed by atoms with Crippen molar-refractivity contribution in [1.29, 1.82) is 0 Å². The molecule has 3 rings (SSSR count). The Morgan fingerprint density at radius 3 is 3.00 bits per heavy atom. The van der Waals surface area contributed by atoms with Crippen molar-refractivity contribution in [3.8, 4) is 11.3 Å². The molecule has 2 aromatic heterocycles. The van der Waals surface area contributed by atoms with E-state index in [2.05, 4.69) is 10.1 Å². The van der Waals surface area contributed by atoms with Crippen LogP contribution < -0.4 is 0 Å². The predicted octanol–water partition coefficient (Wildman–Crippen LogP) is 1.33. The first kappa shape index (κ1) is 12.8. The third-order valence-electron chi connectivity index (χ3n) is 3.26. The summed E-state index contributed by atoms with van der Waals surface area (Å²) in [5, 5.41) is 12.9. The minimum Gasteiger partial charge on any atom is -0.395 e. The van der Waals surface area contributed by atoms with Gasteiger partial charge in [0.2, 0.25) is 0 Å². The molecule has 0 radical (unpaired) electrons. The Morgan fingerprint density at radius 1 is 1.50 bits per heavy atom. The maximum absolute atomic E-state index is 12.3. The first-order chi connectivity index (χ1) is 9.79. The number of amides is 1. The lowest BCUT2D eigenvalue weighted by Crippen LogP contribution is -2.35. The number of hydrogen-bond acceptors (Lipinski definition) is 5. The molecule has 1 saturated carbocycles. The van der Waals surface area contributed by atoms with Crippen LogP contribution in [0.3, 0.4) is 0 Å². The molecule has 0 bridgehead atoms. The second-order valence-electron chi connectivity index (χ2n) is 4.77. The number of aliphatic hydroxyl groups is 1. The van der Waals surface area contributed by atoms with Crippen molar-refractivity contribution in [2.75, 3.05) is 13.2 Å². The zero-order valence-corrected chi connectivity index (χ0v) is 10.9. The van der Waals surface area contributed by atoms with Crippen LogP contribution in [0, 0.1) is 0 Å². The Balaban J connectivity index is 1.80. The number of nitrogens with zero attached hydrogens (tertiary/aromatic N) is 3. The van der Waals surface area contributed by atoms with Crippen LogP contribution in [0.2, 0.25) is 0 Å². The highest BCUT2D eigenvalue weighted by atomic mass is 16.5. The average molecular weight is 273 g/mol. The Morgan fingerprint density at radius 2 is 2.35 bits per heavy atom. The molecule has 1 aliphatic carbocycles. The number of carbonyl (C=O) groups is 1. The van der Waals surface area contributed by atoms with E-state index in [1.54, 1.807) is 29.4 Å². The summed E-state index contributed by atoms with van der Waals surface area (Å²) in [5.41, 5.74) is 1.04. The van der Waals surface area contributed by atoms with Crippen molar-refractivity contribution in [1.82, 2.24) is 15.0 Å². The molecule has 104 valence electrons. The summed E-state index contributed by atoms with van der Waals surface area (Å²) >= 11 is 0. The summed E-state index contributed by atoms with van der Waals surface area (Å²) in [6.45, 7) is 0.286. The van der Waals surface area contributed by atoms with E-state index < -0.39 is 0 Å². The molecule has 1 fully saturated rings. The highest BCUT2D eigenvalue weighted by Gasteiger charge is 2.33. The number of hydrogen-bond donors (Lipinski definition) is 1. The molecule has 0 aromatic carbocycles. The molecule has 1 N–H and O–H groups in total. The number of aromatic nitrogens is 2. The minimum absolute atomic E-state index is 0.0461. The first-order valence-corrected chi connectivity index (χ1v) is 6.58. The molecular formula is C14H15N3O3. The number of carbonyl (C=O) groups excluding carboxylic acids is 1. The first-order valence-electron chi connectivity index (χ1n) is 6.58. The van der Waals surface area contributed by atoms with Crippen LogP contribution in [0.25, 0.3) is 11.3 Å². The van der Waals surface area contributed by atoms with Crippen LogP contribution in [0.4, 0.5) is 0 Å². The molecule has 0 unspecified atom stereocenters. The Bertz CT molecular complexity index is 593. The summed E-state index contributed by atoms with van der Waals surface area (Å²) in [4.78, 5) is 18.0. The molecule has 6 heteroatoms. The van der Waals surface area contributed by atoms with E-state index in [0.717, 1.165) is 18.4 Å². The molecule has 20 heavy (non-hydrogen) atoms. The Labute approximate surface area is 116 Å². The summed E-state index contributed by atoms with van der Waals surface area (Å²) < 4.78 is 5.20. The van der Waals surface area contributed by atoms with Gasteiger partial charge in [-0.1, -0.05) is 5.16 Å². The van der Waals surface area contributed by atoms with Crippen molar-refractivity contribution >= 4 is 5.91 Å². The van der Waals surface area contributed by atoms with E-state index in [1.165, 1.54) is 0 Å². The third kappa shape index (κ3) is 2.55. The fourth-order valence-electron chi connectivity index (χ4n) is 2.11. The van der Waals surface area contributed by atoms with Gasteiger partial charge in [-0.3, -0.25) is 9.78 Å². The van der Waals surface area contributed by atoms with Crippen molar-refractivity contribution < 1.29 is 14.4 Å². The molecule has 0 saturated heterocycles. The molecule has 2 aromatic rings. The lowest BCUT2D eigenvalue weighted by molar-refractivity contribution is 0.0697. The zero-order valence-electron chi connectivity index (χ0n) is 10.9. The van der Waals surface area contributed by atoms with E-state index in [-0.39, 0.29) is 24.2 Å². The van der Waals surface area contributed by atoms with E-state index >= 15 is 0 Å². The standard InChI is InChI=1S/C14H15N3O3/c18-7-6-17(11-3-4-11)14(19)12-8-13(20-16-12)10-2-1-5-15-9-10/h1-2,5,8-9,11,18H,3-4,6-7H2. The van der Waals surface area contributed by atoms with E-state index in [9.17, 15) is 4.79 Å². The highest BCUT2D eigenvalue weighted by molar-refractivity contribution is 5.93. The molecule has 0 atom stereocenters. The smallest absolute Gasteiger partial charge is 0.276 e. The van der Waals surface area contributed by atoms with Gasteiger partial charge in [0.1, 0.15) is 0 Å². The lowest BCUT2D eigenvalue weighted by atomic mass is 10.2. The van der Waals surface area contributed by atoms with Crippen molar-refractivity contribution in [3.63, 3.8) is 0 Å². The summed E-state index contributed by atoms with van der Waals surface area (Å²) in [6, 6.07) is 5.48. The summed E-state index contributed by atoms with van der Waals surface area (Å²) in [6.07, 6.45) is 5.29. The van der Waals surface area contributed by atoms with Gasteiger partial charge in [0.25, 0.3) is 5.91 Å². The summed E-state index contributed by atoms with van der Waals surface area (Å²) in [7, 11) is 0. The van der Waals surface area contributed by atoms with Gasteiger partial charge in [0, 0.05) is 36.6 Å². The Kier molecular flexibility index (Phi) is 3.47. The third-order valence-corrected chi connectivity index (χ3v) is 3.26. The quantitative estimate of drug-likeness (QED) is 0.889. The topological polar surface area (TPSA) is 79.5 Å². The van der Waals surface area contributed by atoms with Crippen LogP contribution in [0.5, 0.6) is 0 Å². The van der Waals surface area contributed by atoms with E-state index in [0.29, 0.717) is 12.3 Å². The van der Waals surface area contributed by atoms with Gasteiger partial charge in [0.05, 0.1) is 6.61 Å². The molecule has 0 spiro atoms. The number of rotatable bonds is 5. The second kappa shape index (κ2) is 5.42. The normalized spacial score (nSPS) is 14.2. The van der Waals surface area contributed by atoms with Crippen molar-refractivity contribution in [2.24, 2.45) is 0 Å². The van der Waals surface area contributed by atoms with E-state index in [1.807, 2.05) is 6.07 Å². The van der Waals surface area contributed by atoms with Gasteiger partial charge in [-0.2, -0.15) is 0 Å². The van der Waals surface area contributed by atoms with Gasteiger partial charge < -0.3 is 14.5 Å². The summed E-state index contributed by atoms with van der Waals surface area (Å²) in [5.74, 6) is 0.321. The zero-order chi connectivity index (χ0) is 13.9. The fraction of sp³-hybridized carbons (Fsp3) is 0.357. The Hall–Kier alpha value is -2.21. The van der Waals surface area contributed by atoms with Crippen molar-refractivity contribution in [2.45, 2.75) is 18.9 Å². The molecule has 1 amide bonds. The largest absolute Gasteiger partial charge is 0.395 e. The second-order valence-corrected chi connectivity index (χ2v) is 4.77. The minimum atomic E-state index is -0.194. The lowest BCUT2D eigenvalue weighted by Gasteiger charge is -2.19. The number of aliphatic hydroxyl groups excluding tert-OH is 1. The van der Waals surface area contributed by atoms with Gasteiger partial charge in [-0.05, 0) is 25.0 Å². The predicted molar refractivity (Wildman–Crippen MR) is 70.9 cm³/mol. The fourth-order valence-corrected chi connectivity index (χ4v) is 2.11. The van der Waals surface area contributed by atoms with Crippen LogP contribution in [-0.4, -0.2) is 45.2 Å². The van der Waals surface area contributed by atoms with Crippen molar-refractivity contribution in [3.05, 3.63) is 36.3 Å². The van der Waals surface area contributed by atoms with Crippen LogP contribution in [0.15, 0.2) is 35.1 Å². The maximum atomic E-state index is 12.3. The molecule has 0 aliphatic heterocycles. The van der Waals surface area contributed by atoms with Crippen LogP contribution in [0.1, 0.15) is 23.3 Å². The maximum Gasteiger partial charge on any atom is 0.276 e. The molecular weight excluding hydrogens is 258 g/mol. The SMILES string of the molecule is O=C(c1cc(-c2cccnc2)on1)N(CCO)C1CC1. The van der Waals surface area contributed by atoms with Gasteiger partial charge in [-0.25, -0.2) is 0 Å². The average Bonchev–Trinajstić information content (AvgIpc) is 3.21.